The van der Waals surface area contributed by atoms with Crippen molar-refractivity contribution in [2.45, 2.75) is 6.42 Å². The van der Waals surface area contributed by atoms with Gasteiger partial charge in [0.2, 0.25) is 0 Å². The van der Waals surface area contributed by atoms with Gasteiger partial charge in [-0.25, -0.2) is 0 Å². The van der Waals surface area contributed by atoms with Crippen molar-refractivity contribution in [1.29, 1.82) is 5.26 Å². The molecule has 0 aromatic carbocycles. The van der Waals surface area contributed by atoms with Crippen LogP contribution >= 0.6 is 0 Å². The number of nitriles is 1. The van der Waals surface area contributed by atoms with Crippen molar-refractivity contribution in [2.24, 2.45) is 0 Å². The molecule has 4 nitrogen and oxygen atoms in total. The summed E-state index contributed by atoms with van der Waals surface area (Å²) in [5, 5.41) is 18.3. The molecule has 0 saturated heterocycles. The fraction of sp³-hybridized carbons (Fsp3) is 0.167. The van der Waals surface area contributed by atoms with E-state index in [1.807, 2.05) is 6.07 Å². The minimum absolute atomic E-state index is 0.0940. The summed E-state index contributed by atoms with van der Waals surface area (Å²) in [5.74, 6) is 0. The van der Waals surface area contributed by atoms with Crippen molar-refractivity contribution in [1.82, 2.24) is 0 Å². The van der Waals surface area contributed by atoms with Gasteiger partial charge in [0.25, 0.3) is 5.70 Å². The summed E-state index contributed by atoms with van der Waals surface area (Å²) in [5.41, 5.74) is 0.545. The first kappa shape index (κ1) is 6.49. The van der Waals surface area contributed by atoms with Gasteiger partial charge in [-0.05, 0) is 6.08 Å². The Labute approximate surface area is 57.2 Å². The molecule has 0 heterocycles. The number of rotatable bonds is 1. The summed E-state index contributed by atoms with van der Waals surface area (Å²) in [6.45, 7) is 0. The molecular formula is C6H4N2O2. The molecule has 0 atom stereocenters. The van der Waals surface area contributed by atoms with Crippen molar-refractivity contribution in [3.63, 3.8) is 0 Å². The van der Waals surface area contributed by atoms with Gasteiger partial charge in [0, 0.05) is 11.6 Å². The third-order valence-electron chi connectivity index (χ3n) is 1.23. The van der Waals surface area contributed by atoms with Gasteiger partial charge >= 0.3 is 0 Å². The van der Waals surface area contributed by atoms with Crippen LogP contribution in [0.15, 0.2) is 23.4 Å². The van der Waals surface area contributed by atoms with Crippen LogP contribution in [0.1, 0.15) is 6.42 Å². The molecule has 0 bridgehead atoms. The fourth-order valence-corrected chi connectivity index (χ4v) is 0.712. The van der Waals surface area contributed by atoms with E-state index in [2.05, 4.69) is 0 Å². The van der Waals surface area contributed by atoms with Crippen LogP contribution in [0, 0.1) is 21.4 Å². The predicted octanol–water partition coefficient (Wildman–Crippen LogP) is 1.00. The Morgan fingerprint density at radius 2 is 2.40 bits per heavy atom. The Morgan fingerprint density at radius 3 is 2.70 bits per heavy atom. The molecule has 10 heavy (non-hydrogen) atoms. The lowest BCUT2D eigenvalue weighted by atomic mass is 10.2. The van der Waals surface area contributed by atoms with E-state index in [0.717, 1.165) is 0 Å². The van der Waals surface area contributed by atoms with Crippen molar-refractivity contribution >= 4 is 0 Å². The Balaban J connectivity index is 2.67. The number of allylic oxidation sites excluding steroid dienone is 3. The first-order valence-corrected chi connectivity index (χ1v) is 2.68. The molecule has 0 aromatic heterocycles. The minimum Gasteiger partial charge on any atom is -0.259 e. The molecule has 0 aliphatic heterocycles. The summed E-state index contributed by atoms with van der Waals surface area (Å²) >= 11 is 0. The lowest BCUT2D eigenvalue weighted by molar-refractivity contribution is -0.426. The highest BCUT2D eigenvalue weighted by Gasteiger charge is 2.16. The van der Waals surface area contributed by atoms with E-state index >= 15 is 0 Å². The van der Waals surface area contributed by atoms with Gasteiger partial charge in [-0.3, -0.25) is 10.1 Å². The summed E-state index contributed by atoms with van der Waals surface area (Å²) in [6.07, 6.45) is 3.00. The Kier molecular flexibility index (Phi) is 1.50. The smallest absolute Gasteiger partial charge is 0.251 e. The van der Waals surface area contributed by atoms with Gasteiger partial charge < -0.3 is 0 Å². The average molecular weight is 136 g/mol. The second-order valence-corrected chi connectivity index (χ2v) is 1.90. The van der Waals surface area contributed by atoms with E-state index in [4.69, 9.17) is 5.26 Å². The number of hydrogen-bond acceptors (Lipinski definition) is 3. The summed E-state index contributed by atoms with van der Waals surface area (Å²) in [4.78, 5) is 9.59. The van der Waals surface area contributed by atoms with Gasteiger partial charge in [0.15, 0.2) is 0 Å². The highest BCUT2D eigenvalue weighted by Crippen LogP contribution is 2.17. The highest BCUT2D eigenvalue weighted by molar-refractivity contribution is 5.35. The Hall–Kier alpha value is -1.63. The predicted molar refractivity (Wildman–Crippen MR) is 33.4 cm³/mol. The largest absolute Gasteiger partial charge is 0.259 e. The van der Waals surface area contributed by atoms with Crippen LogP contribution in [0.3, 0.4) is 0 Å². The molecule has 0 unspecified atom stereocenters. The van der Waals surface area contributed by atoms with Crippen LogP contribution in [0.2, 0.25) is 0 Å². The number of nitrogens with zero attached hydrogens (tertiary/aromatic N) is 2. The molecule has 0 fully saturated rings. The average Bonchev–Trinajstić information content (AvgIpc) is 2.34. The Morgan fingerprint density at radius 1 is 1.70 bits per heavy atom. The van der Waals surface area contributed by atoms with Crippen LogP contribution in [-0.2, 0) is 0 Å². The maximum atomic E-state index is 10.1. The zero-order valence-electron chi connectivity index (χ0n) is 5.07. The van der Waals surface area contributed by atoms with Crippen LogP contribution in [0.5, 0.6) is 0 Å². The summed E-state index contributed by atoms with van der Waals surface area (Å²) in [7, 11) is 0. The number of hydrogen-bond donors (Lipinski definition) is 0. The lowest BCUT2D eigenvalue weighted by Gasteiger charge is -1.87. The van der Waals surface area contributed by atoms with E-state index in [9.17, 15) is 10.1 Å². The van der Waals surface area contributed by atoms with Crippen molar-refractivity contribution < 1.29 is 4.92 Å². The molecule has 0 spiro atoms. The summed E-state index contributed by atoms with van der Waals surface area (Å²) in [6, 6.07) is 1.85. The maximum absolute atomic E-state index is 10.1. The molecular weight excluding hydrogens is 132 g/mol. The molecule has 0 radical (unpaired) electrons. The van der Waals surface area contributed by atoms with Gasteiger partial charge in [-0.2, -0.15) is 5.26 Å². The first-order chi connectivity index (χ1) is 4.74. The van der Waals surface area contributed by atoms with Gasteiger partial charge in [-0.1, -0.05) is 0 Å². The summed E-state index contributed by atoms with van der Waals surface area (Å²) < 4.78 is 0. The molecule has 50 valence electrons. The Bertz CT molecular complexity index is 270. The van der Waals surface area contributed by atoms with E-state index in [-0.39, 0.29) is 12.1 Å². The topological polar surface area (TPSA) is 66.9 Å². The quantitative estimate of drug-likeness (QED) is 0.399. The first-order valence-electron chi connectivity index (χ1n) is 2.68. The van der Waals surface area contributed by atoms with Crippen molar-refractivity contribution in [3.05, 3.63) is 33.5 Å². The van der Waals surface area contributed by atoms with Crippen LogP contribution in [-0.4, -0.2) is 4.92 Å². The normalized spacial score (nSPS) is 15.5. The molecule has 0 saturated carbocycles. The highest BCUT2D eigenvalue weighted by atomic mass is 16.6. The SMILES string of the molecule is N#CC1=CC=C([N+](=O)[O-])C1. The van der Waals surface area contributed by atoms with Crippen molar-refractivity contribution in [3.8, 4) is 6.07 Å². The third-order valence-corrected chi connectivity index (χ3v) is 1.23. The molecule has 1 rings (SSSR count). The second kappa shape index (κ2) is 2.31. The molecule has 4 heteroatoms. The molecule has 1 aliphatic rings. The fourth-order valence-electron chi connectivity index (χ4n) is 0.712. The van der Waals surface area contributed by atoms with E-state index < -0.39 is 4.92 Å². The standard InChI is InChI=1S/C6H4N2O2/c7-4-5-1-2-6(3-5)8(9)10/h1-2H,3H2. The zero-order valence-corrected chi connectivity index (χ0v) is 5.07. The van der Waals surface area contributed by atoms with E-state index in [1.54, 1.807) is 0 Å². The lowest BCUT2D eigenvalue weighted by Crippen LogP contribution is -1.95. The minimum atomic E-state index is -0.471. The molecule has 0 aromatic rings. The maximum Gasteiger partial charge on any atom is 0.251 e. The third kappa shape index (κ3) is 1.03. The van der Waals surface area contributed by atoms with Crippen molar-refractivity contribution in [2.75, 3.05) is 0 Å². The monoisotopic (exact) mass is 136 g/mol. The molecule has 0 N–H and O–H groups in total. The van der Waals surface area contributed by atoms with Crippen LogP contribution in [0.4, 0.5) is 0 Å². The van der Waals surface area contributed by atoms with E-state index in [1.165, 1.54) is 12.2 Å². The molecule has 0 amide bonds. The second-order valence-electron chi connectivity index (χ2n) is 1.90. The van der Waals surface area contributed by atoms with Gasteiger partial charge in [-0.15, -0.1) is 0 Å². The number of nitro groups is 1. The van der Waals surface area contributed by atoms with Gasteiger partial charge in [0.05, 0.1) is 17.4 Å². The van der Waals surface area contributed by atoms with Gasteiger partial charge in [0.1, 0.15) is 0 Å². The van der Waals surface area contributed by atoms with Crippen LogP contribution in [0.25, 0.3) is 0 Å². The molecule has 1 aliphatic carbocycles. The van der Waals surface area contributed by atoms with Crippen LogP contribution < -0.4 is 0 Å². The van der Waals surface area contributed by atoms with E-state index in [0.29, 0.717) is 5.57 Å². The zero-order chi connectivity index (χ0) is 7.56.